The number of rotatable bonds is 3. The summed E-state index contributed by atoms with van der Waals surface area (Å²) in [5, 5.41) is 3.35. The summed E-state index contributed by atoms with van der Waals surface area (Å²) >= 11 is 3.52. The van der Waals surface area contributed by atoms with Crippen LogP contribution in [0.5, 0.6) is 0 Å². The summed E-state index contributed by atoms with van der Waals surface area (Å²) in [6, 6.07) is 6.75. The van der Waals surface area contributed by atoms with Crippen molar-refractivity contribution in [1.82, 2.24) is 5.32 Å². The Morgan fingerprint density at radius 3 is 2.77 bits per heavy atom. The molecule has 2 saturated carbocycles. The first-order valence-electron chi connectivity index (χ1n) is 8.68. The summed E-state index contributed by atoms with van der Waals surface area (Å²) in [6.45, 7) is 2.22. The van der Waals surface area contributed by atoms with E-state index < -0.39 is 0 Å². The fraction of sp³-hybridized carbons (Fsp3) is 0.632. The minimum absolute atomic E-state index is 0.130. The molecule has 1 aromatic carbocycles. The molecule has 2 bridgehead atoms. The van der Waals surface area contributed by atoms with Crippen LogP contribution in [0.15, 0.2) is 22.7 Å². The molecule has 0 aliphatic heterocycles. The number of carbonyl (C=O) groups excluding carboxylic acids is 1. The Hall–Kier alpha value is -0.830. The molecule has 0 radical (unpaired) electrons. The van der Waals surface area contributed by atoms with Crippen molar-refractivity contribution in [3.63, 3.8) is 0 Å². The van der Waals surface area contributed by atoms with Crippen LogP contribution in [0, 0.1) is 23.7 Å². The molecule has 3 heteroatoms. The molecule has 1 aromatic rings. The molecular weight excluding hydrogens is 338 g/mol. The number of nitrogens with one attached hydrogen (secondary N) is 1. The number of fused-ring (bicyclic) bond motifs is 3. The van der Waals surface area contributed by atoms with Crippen molar-refractivity contribution in [2.24, 2.45) is 23.7 Å². The van der Waals surface area contributed by atoms with E-state index in [1.54, 1.807) is 0 Å². The van der Waals surface area contributed by atoms with Gasteiger partial charge in [-0.25, -0.2) is 0 Å². The number of carbonyl (C=O) groups is 1. The van der Waals surface area contributed by atoms with E-state index in [2.05, 4.69) is 46.4 Å². The first-order valence-corrected chi connectivity index (χ1v) is 9.47. The van der Waals surface area contributed by atoms with Crippen molar-refractivity contribution in [3.8, 4) is 0 Å². The molecule has 2 nitrogen and oxygen atoms in total. The zero-order chi connectivity index (χ0) is 15.3. The third-order valence-electron chi connectivity index (χ3n) is 6.28. The van der Waals surface area contributed by atoms with Crippen LogP contribution in [-0.2, 0) is 17.6 Å². The van der Waals surface area contributed by atoms with Crippen molar-refractivity contribution in [1.29, 1.82) is 0 Å². The van der Waals surface area contributed by atoms with E-state index in [4.69, 9.17) is 0 Å². The first-order chi connectivity index (χ1) is 10.6. The van der Waals surface area contributed by atoms with Gasteiger partial charge in [0.05, 0.1) is 0 Å². The molecule has 2 fully saturated rings. The summed E-state index contributed by atoms with van der Waals surface area (Å²) < 4.78 is 1.11. The summed E-state index contributed by atoms with van der Waals surface area (Å²) in [6.07, 6.45) is 7.35. The number of benzene rings is 1. The maximum absolute atomic E-state index is 12.6. The van der Waals surface area contributed by atoms with Gasteiger partial charge in [0.15, 0.2) is 0 Å². The lowest BCUT2D eigenvalue weighted by atomic mass is 9.84. The molecule has 1 amide bonds. The zero-order valence-electron chi connectivity index (χ0n) is 13.1. The van der Waals surface area contributed by atoms with Crippen LogP contribution in [-0.4, -0.2) is 11.9 Å². The monoisotopic (exact) mass is 361 g/mol. The fourth-order valence-electron chi connectivity index (χ4n) is 5.13. The molecule has 0 saturated heterocycles. The summed E-state index contributed by atoms with van der Waals surface area (Å²) in [4.78, 5) is 12.6. The second kappa shape index (κ2) is 5.67. The quantitative estimate of drug-likeness (QED) is 0.862. The van der Waals surface area contributed by atoms with Crippen LogP contribution < -0.4 is 5.32 Å². The number of amides is 1. The van der Waals surface area contributed by atoms with Gasteiger partial charge in [0.2, 0.25) is 5.91 Å². The molecule has 22 heavy (non-hydrogen) atoms. The maximum Gasteiger partial charge on any atom is 0.223 e. The molecule has 3 aliphatic carbocycles. The van der Waals surface area contributed by atoms with E-state index in [0.717, 1.165) is 35.1 Å². The molecule has 0 aromatic heterocycles. The summed E-state index contributed by atoms with van der Waals surface area (Å²) in [7, 11) is 0. The Morgan fingerprint density at radius 1 is 1.23 bits per heavy atom. The van der Waals surface area contributed by atoms with Crippen LogP contribution in [0.1, 0.15) is 43.7 Å². The van der Waals surface area contributed by atoms with E-state index in [0.29, 0.717) is 6.04 Å². The molecular formula is C19H24BrNO. The Morgan fingerprint density at radius 2 is 2.05 bits per heavy atom. The molecule has 1 N–H and O–H groups in total. The Balaban J connectivity index is 1.37. The average Bonchev–Trinajstić information content (AvgIpc) is 3.20. The fourth-order valence-corrected chi connectivity index (χ4v) is 5.54. The molecule has 3 aliphatic rings. The van der Waals surface area contributed by atoms with Crippen LogP contribution in [0.3, 0.4) is 0 Å². The maximum atomic E-state index is 12.6. The zero-order valence-corrected chi connectivity index (χ0v) is 14.7. The second-order valence-electron chi connectivity index (χ2n) is 7.65. The van der Waals surface area contributed by atoms with Gasteiger partial charge in [-0.3, -0.25) is 4.79 Å². The molecule has 4 rings (SSSR count). The molecule has 0 heterocycles. The van der Waals surface area contributed by atoms with Gasteiger partial charge in [0, 0.05) is 16.4 Å². The van der Waals surface area contributed by atoms with Crippen LogP contribution in [0.2, 0.25) is 0 Å². The highest BCUT2D eigenvalue weighted by molar-refractivity contribution is 9.10. The van der Waals surface area contributed by atoms with E-state index in [-0.39, 0.29) is 11.8 Å². The van der Waals surface area contributed by atoms with E-state index >= 15 is 0 Å². The Labute approximate surface area is 141 Å². The van der Waals surface area contributed by atoms with Gasteiger partial charge in [-0.05, 0) is 80.0 Å². The minimum atomic E-state index is 0.130. The van der Waals surface area contributed by atoms with Crippen LogP contribution in [0.25, 0.3) is 0 Å². The third kappa shape index (κ3) is 2.62. The molecule has 5 atom stereocenters. The van der Waals surface area contributed by atoms with Crippen LogP contribution in [0.4, 0.5) is 0 Å². The first kappa shape index (κ1) is 14.7. The Bertz CT molecular complexity index is 599. The lowest BCUT2D eigenvalue weighted by molar-refractivity contribution is -0.125. The highest BCUT2D eigenvalue weighted by Gasteiger charge is 2.42. The second-order valence-corrected chi connectivity index (χ2v) is 8.57. The van der Waals surface area contributed by atoms with Crippen molar-refractivity contribution in [3.05, 3.63) is 33.8 Å². The SMILES string of the molecule is CC(NC(=O)C1Cc2ccc(Br)cc2C1)C1CC2CCC1C2. The topological polar surface area (TPSA) is 29.1 Å². The number of hydrogen-bond acceptors (Lipinski definition) is 1. The standard InChI is InChI=1S/C19H24BrNO/c1-11(18-7-12-2-3-14(18)6-12)21-19(22)16-8-13-4-5-17(20)10-15(13)9-16/h4-5,10-12,14,16,18H,2-3,6-9H2,1H3,(H,21,22). The van der Waals surface area contributed by atoms with Gasteiger partial charge in [0.25, 0.3) is 0 Å². The predicted molar refractivity (Wildman–Crippen MR) is 91.6 cm³/mol. The van der Waals surface area contributed by atoms with Crippen molar-refractivity contribution in [2.45, 2.75) is 51.5 Å². The summed E-state index contributed by atoms with van der Waals surface area (Å²) in [5.74, 6) is 2.94. The van der Waals surface area contributed by atoms with E-state index in [9.17, 15) is 4.79 Å². The van der Waals surface area contributed by atoms with Crippen LogP contribution >= 0.6 is 15.9 Å². The van der Waals surface area contributed by atoms with Crippen molar-refractivity contribution in [2.75, 3.05) is 0 Å². The van der Waals surface area contributed by atoms with Gasteiger partial charge in [-0.1, -0.05) is 28.4 Å². The highest BCUT2D eigenvalue weighted by atomic mass is 79.9. The van der Waals surface area contributed by atoms with E-state index in [1.807, 2.05) is 0 Å². The van der Waals surface area contributed by atoms with Gasteiger partial charge in [-0.2, -0.15) is 0 Å². The molecule has 5 unspecified atom stereocenters. The lowest BCUT2D eigenvalue weighted by Gasteiger charge is -2.29. The van der Waals surface area contributed by atoms with Gasteiger partial charge < -0.3 is 5.32 Å². The number of hydrogen-bond donors (Lipinski definition) is 1. The largest absolute Gasteiger partial charge is 0.353 e. The van der Waals surface area contributed by atoms with Gasteiger partial charge >= 0.3 is 0 Å². The predicted octanol–water partition coefficient (Wildman–Crippen LogP) is 4.10. The summed E-state index contributed by atoms with van der Waals surface area (Å²) in [5.41, 5.74) is 2.68. The minimum Gasteiger partial charge on any atom is -0.353 e. The smallest absolute Gasteiger partial charge is 0.223 e. The van der Waals surface area contributed by atoms with Crippen molar-refractivity contribution >= 4 is 21.8 Å². The average molecular weight is 362 g/mol. The number of halogens is 1. The highest BCUT2D eigenvalue weighted by Crippen LogP contribution is 2.49. The van der Waals surface area contributed by atoms with Gasteiger partial charge in [0.1, 0.15) is 0 Å². The van der Waals surface area contributed by atoms with Crippen molar-refractivity contribution < 1.29 is 4.79 Å². The Kier molecular flexibility index (Phi) is 3.80. The van der Waals surface area contributed by atoms with Gasteiger partial charge in [-0.15, -0.1) is 0 Å². The molecule has 0 spiro atoms. The normalized spacial score (nSPS) is 33.7. The molecule has 118 valence electrons. The lowest BCUT2D eigenvalue weighted by Crippen LogP contribution is -2.43. The van der Waals surface area contributed by atoms with E-state index in [1.165, 1.54) is 36.8 Å². The third-order valence-corrected chi connectivity index (χ3v) is 6.77.